The number of hydrogen-bond acceptors (Lipinski definition) is 2. The van der Waals surface area contributed by atoms with E-state index in [2.05, 4.69) is 56.4 Å². The maximum atomic E-state index is 5.54. The monoisotopic (exact) mass is 265 g/mol. The number of rotatable bonds is 2. The quantitative estimate of drug-likeness (QED) is 0.664. The number of furan rings is 1. The zero-order valence-electron chi connectivity index (χ0n) is 12.1. The van der Waals surface area contributed by atoms with Crippen molar-refractivity contribution in [2.75, 3.05) is 5.32 Å². The summed E-state index contributed by atoms with van der Waals surface area (Å²) in [6, 6.07) is 16.6. The number of anilines is 2. The van der Waals surface area contributed by atoms with Crippen molar-refractivity contribution in [1.82, 2.24) is 0 Å². The molecule has 0 saturated heterocycles. The van der Waals surface area contributed by atoms with Gasteiger partial charge in [0.15, 0.2) is 0 Å². The van der Waals surface area contributed by atoms with Crippen molar-refractivity contribution in [3.05, 3.63) is 60.4 Å². The summed E-state index contributed by atoms with van der Waals surface area (Å²) in [6.45, 7) is 6.66. The van der Waals surface area contributed by atoms with E-state index in [0.29, 0.717) is 0 Å². The Morgan fingerprint density at radius 2 is 1.60 bits per heavy atom. The Morgan fingerprint density at radius 3 is 2.30 bits per heavy atom. The fourth-order valence-corrected chi connectivity index (χ4v) is 2.28. The number of para-hydroxylation sites is 1. The summed E-state index contributed by atoms with van der Waals surface area (Å²) < 4.78 is 5.54. The first-order valence-corrected chi connectivity index (χ1v) is 6.88. The molecule has 0 atom stereocenters. The third-order valence-corrected chi connectivity index (χ3v) is 3.51. The molecule has 0 radical (unpaired) electrons. The Labute approximate surface area is 119 Å². The molecule has 20 heavy (non-hydrogen) atoms. The van der Waals surface area contributed by atoms with Gasteiger partial charge >= 0.3 is 0 Å². The van der Waals surface area contributed by atoms with Gasteiger partial charge in [0, 0.05) is 11.1 Å². The standard InChI is InChI=1S/C18H19NO/c1-18(2,3)13-8-10-14(11-9-13)19-16-12-20-17-7-5-4-6-15(16)17/h4-12,19H,1-3H3. The topological polar surface area (TPSA) is 25.2 Å². The SMILES string of the molecule is CC(C)(C)c1ccc(Nc2coc3ccccc23)cc1. The molecule has 1 N–H and O–H groups in total. The van der Waals surface area contributed by atoms with Crippen molar-refractivity contribution in [3.8, 4) is 0 Å². The first-order chi connectivity index (χ1) is 9.54. The second-order valence-corrected chi connectivity index (χ2v) is 6.10. The van der Waals surface area contributed by atoms with Crippen LogP contribution < -0.4 is 5.32 Å². The lowest BCUT2D eigenvalue weighted by atomic mass is 9.87. The molecule has 0 aliphatic carbocycles. The number of benzene rings is 2. The first-order valence-electron chi connectivity index (χ1n) is 6.88. The lowest BCUT2D eigenvalue weighted by molar-refractivity contribution is 0.590. The predicted octanol–water partition coefficient (Wildman–Crippen LogP) is 5.47. The average molecular weight is 265 g/mol. The molecular weight excluding hydrogens is 246 g/mol. The largest absolute Gasteiger partial charge is 0.462 e. The van der Waals surface area contributed by atoms with E-state index in [9.17, 15) is 0 Å². The van der Waals surface area contributed by atoms with Crippen molar-refractivity contribution in [3.63, 3.8) is 0 Å². The van der Waals surface area contributed by atoms with Crippen molar-refractivity contribution in [1.29, 1.82) is 0 Å². The molecule has 0 aliphatic rings. The highest BCUT2D eigenvalue weighted by atomic mass is 16.3. The van der Waals surface area contributed by atoms with E-state index >= 15 is 0 Å². The molecule has 1 heterocycles. The van der Waals surface area contributed by atoms with E-state index in [4.69, 9.17) is 4.42 Å². The Hall–Kier alpha value is -2.22. The van der Waals surface area contributed by atoms with Gasteiger partial charge in [-0.2, -0.15) is 0 Å². The number of hydrogen-bond donors (Lipinski definition) is 1. The smallest absolute Gasteiger partial charge is 0.136 e. The van der Waals surface area contributed by atoms with Gasteiger partial charge in [0.25, 0.3) is 0 Å². The molecule has 3 aromatic rings. The molecule has 0 amide bonds. The summed E-state index contributed by atoms with van der Waals surface area (Å²) >= 11 is 0. The zero-order chi connectivity index (χ0) is 14.2. The van der Waals surface area contributed by atoms with Crippen molar-refractivity contribution in [2.24, 2.45) is 0 Å². The van der Waals surface area contributed by atoms with Gasteiger partial charge in [-0.1, -0.05) is 45.0 Å². The van der Waals surface area contributed by atoms with E-state index in [1.807, 2.05) is 18.2 Å². The molecule has 102 valence electrons. The third kappa shape index (κ3) is 2.42. The highest BCUT2D eigenvalue weighted by Crippen LogP contribution is 2.29. The second kappa shape index (κ2) is 4.71. The fourth-order valence-electron chi connectivity index (χ4n) is 2.28. The molecule has 0 spiro atoms. The van der Waals surface area contributed by atoms with Gasteiger partial charge in [-0.3, -0.25) is 0 Å². The Morgan fingerprint density at radius 1 is 0.900 bits per heavy atom. The van der Waals surface area contributed by atoms with E-state index in [1.54, 1.807) is 6.26 Å². The molecule has 0 unspecified atom stereocenters. The van der Waals surface area contributed by atoms with E-state index in [-0.39, 0.29) is 5.41 Å². The molecule has 2 nitrogen and oxygen atoms in total. The molecule has 2 aromatic carbocycles. The van der Waals surface area contributed by atoms with Crippen LogP contribution in [0.25, 0.3) is 11.0 Å². The van der Waals surface area contributed by atoms with Crippen LogP contribution >= 0.6 is 0 Å². The highest BCUT2D eigenvalue weighted by Gasteiger charge is 2.13. The van der Waals surface area contributed by atoms with Crippen molar-refractivity contribution >= 4 is 22.3 Å². The van der Waals surface area contributed by atoms with Crippen LogP contribution in [-0.4, -0.2) is 0 Å². The Bertz CT molecular complexity index is 717. The Balaban J connectivity index is 1.88. The molecule has 0 fully saturated rings. The van der Waals surface area contributed by atoms with Crippen LogP contribution in [0.1, 0.15) is 26.3 Å². The highest BCUT2D eigenvalue weighted by molar-refractivity contribution is 5.92. The minimum Gasteiger partial charge on any atom is -0.462 e. The maximum absolute atomic E-state index is 5.54. The normalized spacial score (nSPS) is 11.8. The van der Waals surface area contributed by atoms with E-state index < -0.39 is 0 Å². The van der Waals surface area contributed by atoms with Gasteiger partial charge in [0.2, 0.25) is 0 Å². The molecule has 1 aromatic heterocycles. The maximum Gasteiger partial charge on any atom is 0.136 e. The van der Waals surface area contributed by atoms with Gasteiger partial charge in [0.05, 0.1) is 5.69 Å². The summed E-state index contributed by atoms with van der Waals surface area (Å²) in [6.07, 6.45) is 1.77. The zero-order valence-corrected chi connectivity index (χ0v) is 12.1. The van der Waals surface area contributed by atoms with Gasteiger partial charge in [-0.15, -0.1) is 0 Å². The molecule has 0 aliphatic heterocycles. The van der Waals surface area contributed by atoms with E-state index in [0.717, 1.165) is 22.3 Å². The minimum absolute atomic E-state index is 0.181. The summed E-state index contributed by atoms with van der Waals surface area (Å²) in [5.41, 5.74) is 4.50. The van der Waals surface area contributed by atoms with Crippen LogP contribution in [0.5, 0.6) is 0 Å². The molecule has 0 bridgehead atoms. The van der Waals surface area contributed by atoms with Gasteiger partial charge < -0.3 is 9.73 Å². The van der Waals surface area contributed by atoms with Gasteiger partial charge in [-0.25, -0.2) is 0 Å². The lowest BCUT2D eigenvalue weighted by Crippen LogP contribution is -2.10. The number of nitrogens with one attached hydrogen (secondary N) is 1. The van der Waals surface area contributed by atoms with Crippen LogP contribution in [0.15, 0.2) is 59.2 Å². The van der Waals surface area contributed by atoms with Crippen LogP contribution in [-0.2, 0) is 5.41 Å². The van der Waals surface area contributed by atoms with E-state index in [1.165, 1.54) is 5.56 Å². The van der Waals surface area contributed by atoms with Crippen LogP contribution in [0.3, 0.4) is 0 Å². The lowest BCUT2D eigenvalue weighted by Gasteiger charge is -2.19. The summed E-state index contributed by atoms with van der Waals surface area (Å²) in [4.78, 5) is 0. The van der Waals surface area contributed by atoms with Gasteiger partial charge in [-0.05, 0) is 35.2 Å². The van der Waals surface area contributed by atoms with Crippen molar-refractivity contribution in [2.45, 2.75) is 26.2 Å². The van der Waals surface area contributed by atoms with Crippen molar-refractivity contribution < 1.29 is 4.42 Å². The summed E-state index contributed by atoms with van der Waals surface area (Å²) in [5.74, 6) is 0. The predicted molar refractivity (Wildman–Crippen MR) is 84.6 cm³/mol. The number of fused-ring (bicyclic) bond motifs is 1. The molecule has 3 rings (SSSR count). The summed E-state index contributed by atoms with van der Waals surface area (Å²) in [5, 5.41) is 4.52. The first kappa shape index (κ1) is 12.8. The third-order valence-electron chi connectivity index (χ3n) is 3.51. The molecular formula is C18H19NO. The summed E-state index contributed by atoms with van der Waals surface area (Å²) in [7, 11) is 0. The van der Waals surface area contributed by atoms with Gasteiger partial charge in [0.1, 0.15) is 11.8 Å². The average Bonchev–Trinajstić information content (AvgIpc) is 2.82. The second-order valence-electron chi connectivity index (χ2n) is 6.10. The minimum atomic E-state index is 0.181. The Kier molecular flexibility index (Phi) is 3.01. The van der Waals surface area contributed by atoms with Crippen LogP contribution in [0.2, 0.25) is 0 Å². The van der Waals surface area contributed by atoms with Crippen LogP contribution in [0, 0.1) is 0 Å². The van der Waals surface area contributed by atoms with Crippen LogP contribution in [0.4, 0.5) is 11.4 Å². The molecule has 0 saturated carbocycles. The molecule has 2 heteroatoms. The fraction of sp³-hybridized carbons (Fsp3) is 0.222.